The van der Waals surface area contributed by atoms with Gasteiger partial charge in [-0.25, -0.2) is 4.79 Å². The van der Waals surface area contributed by atoms with E-state index >= 15 is 0 Å². The lowest BCUT2D eigenvalue weighted by Gasteiger charge is -2.46. The SMILES string of the molecule is CO/C=C(/C(=O)OC)[C@H]1C[C@H]2c3[nH]c4cccc(OC)c4c3CCN2CC1CCc1ccccc1. The molecule has 1 unspecified atom stereocenters. The highest BCUT2D eigenvalue weighted by atomic mass is 16.5. The van der Waals surface area contributed by atoms with Gasteiger partial charge in [0.2, 0.25) is 0 Å². The number of ether oxygens (including phenoxy) is 3. The summed E-state index contributed by atoms with van der Waals surface area (Å²) in [5, 5.41) is 1.19. The number of nitrogens with zero attached hydrogens (tertiary/aromatic N) is 1. The third-order valence-corrected chi connectivity index (χ3v) is 7.79. The predicted molar refractivity (Wildman–Crippen MR) is 136 cm³/mol. The molecule has 2 aliphatic heterocycles. The number of aromatic amines is 1. The van der Waals surface area contributed by atoms with E-state index in [0.717, 1.165) is 50.0 Å². The molecule has 0 radical (unpaired) electrons. The Hall–Kier alpha value is -3.25. The maximum absolute atomic E-state index is 12.8. The lowest BCUT2D eigenvalue weighted by Crippen LogP contribution is -2.47. The van der Waals surface area contributed by atoms with E-state index in [1.165, 1.54) is 29.3 Å². The smallest absolute Gasteiger partial charge is 0.337 e. The van der Waals surface area contributed by atoms with Crippen molar-refractivity contribution < 1.29 is 19.0 Å². The molecule has 3 atom stereocenters. The molecule has 2 aromatic carbocycles. The summed E-state index contributed by atoms with van der Waals surface area (Å²) in [5.41, 5.74) is 5.67. The fraction of sp³-hybridized carbons (Fsp3) is 0.414. The van der Waals surface area contributed by atoms with Crippen LogP contribution >= 0.6 is 0 Å². The summed E-state index contributed by atoms with van der Waals surface area (Å²) in [6.07, 6.45) is 5.41. The van der Waals surface area contributed by atoms with Gasteiger partial charge < -0.3 is 19.2 Å². The molecule has 0 saturated carbocycles. The fourth-order valence-electron chi connectivity index (χ4n) is 6.16. The first-order valence-corrected chi connectivity index (χ1v) is 12.4. The number of carbonyl (C=O) groups excluding carboxylic acids is 1. The van der Waals surface area contributed by atoms with Gasteiger partial charge in [-0.3, -0.25) is 4.90 Å². The van der Waals surface area contributed by atoms with Gasteiger partial charge in [-0.05, 0) is 54.9 Å². The van der Waals surface area contributed by atoms with E-state index in [0.29, 0.717) is 11.5 Å². The molecule has 0 bridgehead atoms. The molecular weight excluding hydrogens is 440 g/mol. The summed E-state index contributed by atoms with van der Waals surface area (Å²) in [6.45, 7) is 1.94. The first-order chi connectivity index (χ1) is 17.1. The normalized spacial score (nSPS) is 22.4. The molecule has 6 nitrogen and oxygen atoms in total. The number of methoxy groups -OCH3 is 3. The maximum atomic E-state index is 12.8. The zero-order valence-electron chi connectivity index (χ0n) is 20.8. The molecule has 1 fully saturated rings. The zero-order chi connectivity index (χ0) is 24.4. The van der Waals surface area contributed by atoms with Crippen molar-refractivity contribution in [2.45, 2.75) is 31.7 Å². The van der Waals surface area contributed by atoms with Crippen molar-refractivity contribution in [3.8, 4) is 5.75 Å². The van der Waals surface area contributed by atoms with Crippen molar-refractivity contribution in [2.24, 2.45) is 11.8 Å². The third kappa shape index (κ3) is 4.43. The van der Waals surface area contributed by atoms with Crippen LogP contribution in [-0.4, -0.2) is 50.3 Å². The predicted octanol–water partition coefficient (Wildman–Crippen LogP) is 5.05. The van der Waals surface area contributed by atoms with Gasteiger partial charge in [0.05, 0.1) is 39.2 Å². The number of piperidine rings is 1. The summed E-state index contributed by atoms with van der Waals surface area (Å²) >= 11 is 0. The van der Waals surface area contributed by atoms with Crippen molar-refractivity contribution in [3.63, 3.8) is 0 Å². The van der Waals surface area contributed by atoms with Crippen molar-refractivity contribution in [1.29, 1.82) is 0 Å². The molecule has 3 heterocycles. The quantitative estimate of drug-likeness (QED) is 0.295. The third-order valence-electron chi connectivity index (χ3n) is 7.79. The number of H-pyrrole nitrogens is 1. The van der Waals surface area contributed by atoms with Crippen LogP contribution < -0.4 is 4.74 Å². The highest BCUT2D eigenvalue weighted by Crippen LogP contribution is 2.47. The van der Waals surface area contributed by atoms with E-state index in [4.69, 9.17) is 14.2 Å². The van der Waals surface area contributed by atoms with Crippen LogP contribution in [0.25, 0.3) is 10.9 Å². The standard InChI is InChI=1S/C29H34N2O4/c1-33-18-23(29(32)35-3)22-16-25-28-21(27-24(30-28)10-7-11-26(27)34-2)14-15-31(25)17-20(22)13-12-19-8-5-4-6-9-19/h4-11,18,20,22,25,30H,12-17H2,1-3H3/b23-18+/t20?,22-,25-/m0/s1. The molecule has 3 aromatic rings. The van der Waals surface area contributed by atoms with Crippen LogP contribution in [-0.2, 0) is 27.1 Å². The largest absolute Gasteiger partial charge is 0.504 e. The van der Waals surface area contributed by atoms with Gasteiger partial charge in [-0.15, -0.1) is 0 Å². The summed E-state index contributed by atoms with van der Waals surface area (Å²) in [5.74, 6) is 0.986. The number of carbonyl (C=O) groups is 1. The first kappa shape index (κ1) is 23.5. The zero-order valence-corrected chi connectivity index (χ0v) is 20.8. The number of fused-ring (bicyclic) bond motifs is 5. The number of rotatable bonds is 7. The molecule has 1 saturated heterocycles. The Bertz CT molecular complexity index is 1220. The number of aryl methyl sites for hydroxylation is 1. The Morgan fingerprint density at radius 1 is 1.11 bits per heavy atom. The van der Waals surface area contributed by atoms with Crippen LogP contribution in [0.5, 0.6) is 5.75 Å². The topological polar surface area (TPSA) is 63.8 Å². The van der Waals surface area contributed by atoms with E-state index in [2.05, 4.69) is 46.3 Å². The highest BCUT2D eigenvalue weighted by molar-refractivity contribution is 5.91. The van der Waals surface area contributed by atoms with E-state index in [1.807, 2.05) is 12.1 Å². The number of aromatic nitrogens is 1. The monoisotopic (exact) mass is 474 g/mol. The molecule has 184 valence electrons. The Balaban J connectivity index is 1.50. The molecule has 35 heavy (non-hydrogen) atoms. The van der Waals surface area contributed by atoms with Crippen LogP contribution in [0.15, 0.2) is 60.4 Å². The van der Waals surface area contributed by atoms with Crippen molar-refractivity contribution >= 4 is 16.9 Å². The van der Waals surface area contributed by atoms with Crippen molar-refractivity contribution in [2.75, 3.05) is 34.4 Å². The summed E-state index contributed by atoms with van der Waals surface area (Å²) in [4.78, 5) is 19.1. The number of hydrogen-bond donors (Lipinski definition) is 1. The molecule has 0 spiro atoms. The Morgan fingerprint density at radius 3 is 2.69 bits per heavy atom. The van der Waals surface area contributed by atoms with Crippen molar-refractivity contribution in [1.82, 2.24) is 9.88 Å². The maximum Gasteiger partial charge on any atom is 0.337 e. The molecule has 6 heteroatoms. The lowest BCUT2D eigenvalue weighted by atomic mass is 9.73. The van der Waals surface area contributed by atoms with E-state index < -0.39 is 0 Å². The minimum Gasteiger partial charge on any atom is -0.504 e. The molecule has 0 amide bonds. The van der Waals surface area contributed by atoms with E-state index in [1.54, 1.807) is 20.5 Å². The summed E-state index contributed by atoms with van der Waals surface area (Å²) in [6, 6.07) is 17.0. The van der Waals surface area contributed by atoms with E-state index in [9.17, 15) is 4.79 Å². The molecule has 0 aliphatic carbocycles. The van der Waals surface area contributed by atoms with Crippen LogP contribution in [0.1, 0.15) is 35.7 Å². The first-order valence-electron chi connectivity index (χ1n) is 12.4. The average Bonchev–Trinajstić information content (AvgIpc) is 3.29. The van der Waals surface area contributed by atoms with Gasteiger partial charge in [-0.1, -0.05) is 36.4 Å². The molecule has 1 aromatic heterocycles. The summed E-state index contributed by atoms with van der Waals surface area (Å²) < 4.78 is 16.3. The van der Waals surface area contributed by atoms with E-state index in [-0.39, 0.29) is 17.9 Å². The van der Waals surface area contributed by atoms with Crippen LogP contribution in [0, 0.1) is 11.8 Å². The minimum atomic E-state index is -0.302. The van der Waals surface area contributed by atoms with Gasteiger partial charge in [0, 0.05) is 35.6 Å². The fourth-order valence-corrected chi connectivity index (χ4v) is 6.16. The number of esters is 1. The molecule has 1 N–H and O–H groups in total. The van der Waals surface area contributed by atoms with Gasteiger partial charge in [0.1, 0.15) is 5.75 Å². The average molecular weight is 475 g/mol. The molecular formula is C29H34N2O4. The van der Waals surface area contributed by atoms with Gasteiger partial charge >= 0.3 is 5.97 Å². The second-order valence-corrected chi connectivity index (χ2v) is 9.59. The van der Waals surface area contributed by atoms with Gasteiger partial charge in [0.15, 0.2) is 0 Å². The highest BCUT2D eigenvalue weighted by Gasteiger charge is 2.43. The van der Waals surface area contributed by atoms with Crippen LogP contribution in [0.3, 0.4) is 0 Å². The van der Waals surface area contributed by atoms with Crippen molar-refractivity contribution in [3.05, 3.63) is 77.2 Å². The Morgan fingerprint density at radius 2 is 1.94 bits per heavy atom. The minimum absolute atomic E-state index is 0.0478. The van der Waals surface area contributed by atoms with Crippen LogP contribution in [0.2, 0.25) is 0 Å². The van der Waals surface area contributed by atoms with Gasteiger partial charge in [0.25, 0.3) is 0 Å². The van der Waals surface area contributed by atoms with Gasteiger partial charge in [-0.2, -0.15) is 0 Å². The molecule has 2 aliphatic rings. The Kier molecular flexibility index (Phi) is 6.82. The number of benzene rings is 2. The number of nitrogens with one attached hydrogen (secondary N) is 1. The lowest BCUT2D eigenvalue weighted by molar-refractivity contribution is -0.137. The summed E-state index contributed by atoms with van der Waals surface area (Å²) in [7, 11) is 4.78. The van der Waals surface area contributed by atoms with Crippen LogP contribution in [0.4, 0.5) is 0 Å². The second-order valence-electron chi connectivity index (χ2n) is 9.59. The Labute approximate surface area is 206 Å². The second kappa shape index (κ2) is 10.2. The molecule has 5 rings (SSSR count). The number of hydrogen-bond acceptors (Lipinski definition) is 5.